The maximum absolute atomic E-state index is 15.1. The van der Waals surface area contributed by atoms with E-state index in [1.54, 1.807) is 24.9 Å². The first-order chi connectivity index (χ1) is 16.4. The molecule has 0 unspecified atom stereocenters. The average Bonchev–Trinajstić information content (AvgIpc) is 3.28. The number of ketones is 1. The molecule has 1 fully saturated rings. The Bertz CT molecular complexity index is 1070. The maximum Gasteiger partial charge on any atom is 0.345 e. The first-order valence-electron chi connectivity index (χ1n) is 11.2. The van der Waals surface area contributed by atoms with Gasteiger partial charge in [-0.25, -0.2) is 18.6 Å². The Morgan fingerprint density at radius 2 is 2.00 bits per heavy atom. The van der Waals surface area contributed by atoms with E-state index in [-0.39, 0.29) is 31.5 Å². The number of nitrogens with zero attached hydrogens (tertiary/aromatic N) is 2. The number of Topliss-reactive ketones (excluding diaryl/α,β-unsaturated/α-hetero) is 1. The van der Waals surface area contributed by atoms with Crippen molar-refractivity contribution in [2.24, 2.45) is 0 Å². The Kier molecular flexibility index (Phi) is 8.56. The van der Waals surface area contributed by atoms with Gasteiger partial charge >= 0.3 is 5.97 Å². The number of rotatable bonds is 10. The summed E-state index contributed by atoms with van der Waals surface area (Å²) in [6.45, 7) is 6.07. The standard InChI is InChI=1S/C25H28F2N2O5/c1-4-32-15-19(25(31)33-5-2)23(30)18-12-21(27)22(13-20(18)26)29-11-7-9-17(29)14-34-24-16(3)8-6-10-28-24/h6,8,10,12-13,15,17H,4-5,7,9,11,14H2,1-3H3/b19-15-/t17-/m1/s1. The van der Waals surface area contributed by atoms with Crippen molar-refractivity contribution in [3.8, 4) is 5.88 Å². The first-order valence-corrected chi connectivity index (χ1v) is 11.2. The third-order valence-corrected chi connectivity index (χ3v) is 5.45. The molecule has 2 aromatic rings. The van der Waals surface area contributed by atoms with Crippen molar-refractivity contribution >= 4 is 17.4 Å². The lowest BCUT2D eigenvalue weighted by atomic mass is 10.0. The van der Waals surface area contributed by atoms with Gasteiger partial charge in [0.05, 0.1) is 30.5 Å². The molecule has 0 aliphatic carbocycles. The van der Waals surface area contributed by atoms with Gasteiger partial charge in [0, 0.05) is 24.4 Å². The first kappa shape index (κ1) is 25.1. The molecule has 0 spiro atoms. The summed E-state index contributed by atoms with van der Waals surface area (Å²) < 4.78 is 45.9. The number of hydrogen-bond donors (Lipinski definition) is 0. The van der Waals surface area contributed by atoms with Crippen LogP contribution < -0.4 is 9.64 Å². The van der Waals surface area contributed by atoms with Crippen molar-refractivity contribution in [2.45, 2.75) is 39.7 Å². The molecular formula is C25H28F2N2O5. The van der Waals surface area contributed by atoms with Crippen LogP contribution in [0, 0.1) is 18.6 Å². The minimum Gasteiger partial charge on any atom is -0.500 e. The average molecular weight is 475 g/mol. The van der Waals surface area contributed by atoms with Gasteiger partial charge in [-0.2, -0.15) is 0 Å². The van der Waals surface area contributed by atoms with Crippen LogP contribution in [0.15, 0.2) is 42.3 Å². The fraction of sp³-hybridized carbons (Fsp3) is 0.400. The molecule has 7 nitrogen and oxygen atoms in total. The van der Waals surface area contributed by atoms with Gasteiger partial charge in [0.2, 0.25) is 11.7 Å². The number of pyridine rings is 1. The van der Waals surface area contributed by atoms with Crippen molar-refractivity contribution < 1.29 is 32.6 Å². The normalized spacial score (nSPS) is 15.9. The van der Waals surface area contributed by atoms with Crippen LogP contribution in [0.2, 0.25) is 0 Å². The van der Waals surface area contributed by atoms with E-state index in [0.29, 0.717) is 12.4 Å². The Hall–Kier alpha value is -3.49. The van der Waals surface area contributed by atoms with Crippen molar-refractivity contribution in [1.29, 1.82) is 0 Å². The number of aromatic nitrogens is 1. The van der Waals surface area contributed by atoms with Crippen LogP contribution in [0.3, 0.4) is 0 Å². The predicted octanol–water partition coefficient (Wildman–Crippen LogP) is 4.38. The molecule has 0 amide bonds. The lowest BCUT2D eigenvalue weighted by Crippen LogP contribution is -2.35. The number of carbonyl (C=O) groups is 2. The van der Waals surface area contributed by atoms with Gasteiger partial charge in [0.25, 0.3) is 0 Å². The van der Waals surface area contributed by atoms with E-state index in [9.17, 15) is 9.59 Å². The molecule has 1 aromatic carbocycles. The second kappa shape index (κ2) is 11.6. The number of hydrogen-bond acceptors (Lipinski definition) is 7. The van der Waals surface area contributed by atoms with Gasteiger partial charge in [0.1, 0.15) is 30.1 Å². The maximum atomic E-state index is 15.1. The van der Waals surface area contributed by atoms with E-state index in [1.807, 2.05) is 19.1 Å². The van der Waals surface area contributed by atoms with Crippen molar-refractivity contribution in [3.05, 3.63) is 65.1 Å². The number of carbonyl (C=O) groups excluding carboxylic acids is 2. The molecule has 9 heteroatoms. The highest BCUT2D eigenvalue weighted by Crippen LogP contribution is 2.31. The van der Waals surface area contributed by atoms with Gasteiger partial charge in [-0.1, -0.05) is 6.07 Å². The SMILES string of the molecule is CCO/C=C(\C(=O)OCC)C(=O)c1cc(F)c(N2CCC[C@@H]2COc2ncccc2C)cc1F. The van der Waals surface area contributed by atoms with Gasteiger partial charge in [0.15, 0.2) is 0 Å². The smallest absolute Gasteiger partial charge is 0.345 e. The summed E-state index contributed by atoms with van der Waals surface area (Å²) in [5, 5.41) is 0. The van der Waals surface area contributed by atoms with E-state index < -0.39 is 34.5 Å². The van der Waals surface area contributed by atoms with Crippen molar-refractivity contribution in [1.82, 2.24) is 4.98 Å². The van der Waals surface area contributed by atoms with Crippen LogP contribution in [0.5, 0.6) is 5.88 Å². The molecule has 1 saturated heterocycles. The summed E-state index contributed by atoms with van der Waals surface area (Å²) in [5.41, 5.74) is -0.168. The van der Waals surface area contributed by atoms with Crippen LogP contribution in [-0.4, -0.2) is 49.1 Å². The number of benzene rings is 1. The molecule has 3 rings (SSSR count). The van der Waals surface area contributed by atoms with Gasteiger partial charge < -0.3 is 19.1 Å². The Labute approximate surface area is 197 Å². The summed E-state index contributed by atoms with van der Waals surface area (Å²) in [6.07, 6.45) is 4.06. The predicted molar refractivity (Wildman–Crippen MR) is 122 cm³/mol. The lowest BCUT2D eigenvalue weighted by Gasteiger charge is -2.27. The summed E-state index contributed by atoms with van der Waals surface area (Å²) in [6, 6.07) is 5.29. The molecule has 1 atom stereocenters. The van der Waals surface area contributed by atoms with Crippen LogP contribution in [0.4, 0.5) is 14.5 Å². The molecule has 182 valence electrons. The summed E-state index contributed by atoms with van der Waals surface area (Å²) >= 11 is 0. The van der Waals surface area contributed by atoms with Gasteiger partial charge in [-0.05, 0) is 45.7 Å². The molecule has 0 radical (unpaired) electrons. The van der Waals surface area contributed by atoms with Crippen molar-refractivity contribution in [2.75, 3.05) is 31.3 Å². The highest BCUT2D eigenvalue weighted by atomic mass is 19.1. The number of ether oxygens (including phenoxy) is 3. The Morgan fingerprint density at radius 1 is 1.21 bits per heavy atom. The third kappa shape index (κ3) is 5.70. The molecule has 34 heavy (non-hydrogen) atoms. The van der Waals surface area contributed by atoms with Crippen LogP contribution in [0.25, 0.3) is 0 Å². The molecule has 1 aromatic heterocycles. The highest BCUT2D eigenvalue weighted by molar-refractivity contribution is 6.24. The third-order valence-electron chi connectivity index (χ3n) is 5.45. The largest absolute Gasteiger partial charge is 0.500 e. The zero-order valence-corrected chi connectivity index (χ0v) is 19.5. The molecule has 0 bridgehead atoms. The molecular weight excluding hydrogens is 446 g/mol. The van der Waals surface area contributed by atoms with Crippen LogP contribution >= 0.6 is 0 Å². The van der Waals surface area contributed by atoms with E-state index in [1.165, 1.54) is 0 Å². The molecule has 0 N–H and O–H groups in total. The fourth-order valence-electron chi connectivity index (χ4n) is 3.77. The van der Waals surface area contributed by atoms with E-state index in [0.717, 1.165) is 36.8 Å². The quantitative estimate of drug-likeness (QED) is 0.126. The molecule has 2 heterocycles. The molecule has 1 aliphatic heterocycles. The van der Waals surface area contributed by atoms with Crippen LogP contribution in [-0.2, 0) is 14.3 Å². The summed E-state index contributed by atoms with van der Waals surface area (Å²) in [5.74, 6) is -3.20. The molecule has 1 aliphatic rings. The summed E-state index contributed by atoms with van der Waals surface area (Å²) in [4.78, 5) is 30.9. The second-order valence-corrected chi connectivity index (χ2v) is 7.75. The highest BCUT2D eigenvalue weighted by Gasteiger charge is 2.31. The number of aryl methyl sites for hydroxylation is 1. The number of esters is 1. The van der Waals surface area contributed by atoms with E-state index >= 15 is 8.78 Å². The second-order valence-electron chi connectivity index (χ2n) is 7.75. The fourth-order valence-corrected chi connectivity index (χ4v) is 3.77. The number of anilines is 1. The van der Waals surface area contributed by atoms with E-state index in [2.05, 4.69) is 4.98 Å². The van der Waals surface area contributed by atoms with E-state index in [4.69, 9.17) is 14.2 Å². The zero-order valence-electron chi connectivity index (χ0n) is 19.5. The summed E-state index contributed by atoms with van der Waals surface area (Å²) in [7, 11) is 0. The molecule has 0 saturated carbocycles. The number of halogens is 2. The monoisotopic (exact) mass is 474 g/mol. The lowest BCUT2D eigenvalue weighted by molar-refractivity contribution is -0.138. The minimum atomic E-state index is -1.01. The Morgan fingerprint density at radius 3 is 2.71 bits per heavy atom. The van der Waals surface area contributed by atoms with Gasteiger partial charge in [-0.3, -0.25) is 4.79 Å². The topological polar surface area (TPSA) is 78.0 Å². The van der Waals surface area contributed by atoms with Gasteiger partial charge in [-0.15, -0.1) is 0 Å². The van der Waals surface area contributed by atoms with Crippen molar-refractivity contribution in [3.63, 3.8) is 0 Å². The van der Waals surface area contributed by atoms with Crippen LogP contribution in [0.1, 0.15) is 42.6 Å². The Balaban J connectivity index is 1.83. The minimum absolute atomic E-state index is 0.0157. The zero-order chi connectivity index (χ0) is 24.7.